The molecule has 0 aromatic rings. The standard InChI is InChI=1S/C13H20N4O4/c1-4-10(19)12(20-3)13-11(15-5-6-18)9(16-17-14)7-8(2)21-13/h5,7,9-13,15,19H,4H2,1-3H3. The lowest BCUT2D eigenvalue weighted by molar-refractivity contribution is -0.107. The van der Waals surface area contributed by atoms with Gasteiger partial charge in [0, 0.05) is 12.0 Å². The summed E-state index contributed by atoms with van der Waals surface area (Å²) in [5, 5.41) is 16.6. The minimum absolute atomic E-state index is 0.476. The average molecular weight is 296 g/mol. The van der Waals surface area contributed by atoms with Crippen LogP contribution in [0.3, 0.4) is 0 Å². The van der Waals surface area contributed by atoms with Crippen LogP contribution in [-0.2, 0) is 14.3 Å². The molecule has 21 heavy (non-hydrogen) atoms. The lowest BCUT2D eigenvalue weighted by Gasteiger charge is -2.40. The van der Waals surface area contributed by atoms with Crippen molar-refractivity contribution >= 4 is 5.94 Å². The van der Waals surface area contributed by atoms with Crippen molar-refractivity contribution in [2.24, 2.45) is 5.11 Å². The van der Waals surface area contributed by atoms with Gasteiger partial charge < -0.3 is 19.9 Å². The van der Waals surface area contributed by atoms with Gasteiger partial charge in [-0.3, -0.25) is 0 Å². The first-order valence-corrected chi connectivity index (χ1v) is 6.64. The summed E-state index contributed by atoms with van der Waals surface area (Å²) in [6.45, 7) is 3.55. The van der Waals surface area contributed by atoms with Crippen LogP contribution in [-0.4, -0.2) is 48.6 Å². The molecule has 0 saturated carbocycles. The van der Waals surface area contributed by atoms with Gasteiger partial charge in [-0.1, -0.05) is 12.0 Å². The van der Waals surface area contributed by atoms with Crippen LogP contribution < -0.4 is 5.32 Å². The van der Waals surface area contributed by atoms with E-state index in [-0.39, 0.29) is 0 Å². The molecule has 8 heteroatoms. The van der Waals surface area contributed by atoms with Gasteiger partial charge in [-0.15, -0.1) is 0 Å². The van der Waals surface area contributed by atoms with Gasteiger partial charge in [-0.2, -0.15) is 0 Å². The monoisotopic (exact) mass is 296 g/mol. The van der Waals surface area contributed by atoms with Crippen LogP contribution in [0.25, 0.3) is 10.4 Å². The quantitative estimate of drug-likeness (QED) is 0.315. The first-order valence-electron chi connectivity index (χ1n) is 6.64. The Kier molecular flexibility index (Phi) is 6.78. The van der Waals surface area contributed by atoms with Gasteiger partial charge in [0.2, 0.25) is 0 Å². The van der Waals surface area contributed by atoms with E-state index in [1.165, 1.54) is 7.11 Å². The number of nitrogens with one attached hydrogen (secondary N) is 1. The molecule has 0 fully saturated rings. The summed E-state index contributed by atoms with van der Waals surface area (Å²) in [5.74, 6) is 2.17. The van der Waals surface area contributed by atoms with E-state index in [0.29, 0.717) is 12.2 Å². The molecule has 0 bridgehead atoms. The Balaban J connectivity index is 3.14. The third-order valence-electron chi connectivity index (χ3n) is 3.36. The molecule has 1 aliphatic rings. The van der Waals surface area contributed by atoms with Crippen molar-refractivity contribution in [3.8, 4) is 0 Å². The van der Waals surface area contributed by atoms with Gasteiger partial charge >= 0.3 is 0 Å². The summed E-state index contributed by atoms with van der Waals surface area (Å²) in [5.41, 5.74) is 8.68. The van der Waals surface area contributed by atoms with Crippen LogP contribution >= 0.6 is 0 Å². The van der Waals surface area contributed by atoms with Crippen molar-refractivity contribution in [2.75, 3.05) is 7.11 Å². The molecule has 5 atom stereocenters. The van der Waals surface area contributed by atoms with Crippen LogP contribution in [0.1, 0.15) is 20.3 Å². The smallest absolute Gasteiger partial charge is 0.147 e. The zero-order chi connectivity index (χ0) is 15.8. The van der Waals surface area contributed by atoms with Gasteiger partial charge in [-0.25, -0.2) is 4.79 Å². The Bertz CT molecular complexity index is 469. The van der Waals surface area contributed by atoms with Crippen molar-refractivity contribution in [3.05, 3.63) is 28.5 Å². The number of methoxy groups -OCH3 is 1. The summed E-state index contributed by atoms with van der Waals surface area (Å²) in [6.07, 6.45) is 1.21. The van der Waals surface area contributed by atoms with E-state index in [9.17, 15) is 9.90 Å². The van der Waals surface area contributed by atoms with Gasteiger partial charge in [0.25, 0.3) is 0 Å². The molecule has 116 valence electrons. The van der Waals surface area contributed by atoms with E-state index in [1.807, 2.05) is 6.92 Å². The largest absolute Gasteiger partial charge is 0.490 e. The first kappa shape index (κ1) is 17.1. The molecule has 0 spiro atoms. The number of azide groups is 1. The van der Waals surface area contributed by atoms with Crippen LogP contribution in [0.2, 0.25) is 0 Å². The van der Waals surface area contributed by atoms with Gasteiger partial charge in [0.05, 0.1) is 30.1 Å². The molecule has 2 N–H and O–H groups in total. The number of rotatable bonds is 7. The molecule has 0 aromatic carbocycles. The lowest BCUT2D eigenvalue weighted by atomic mass is 9.92. The van der Waals surface area contributed by atoms with E-state index in [2.05, 4.69) is 15.3 Å². The third-order valence-corrected chi connectivity index (χ3v) is 3.36. The fourth-order valence-corrected chi connectivity index (χ4v) is 2.37. The number of aliphatic hydroxyl groups excluding tert-OH is 1. The molecule has 0 amide bonds. The Hall–Kier alpha value is -1.98. The molecular formula is C13H20N4O4. The molecule has 0 saturated heterocycles. The maximum Gasteiger partial charge on any atom is 0.147 e. The molecule has 1 rings (SSSR count). The predicted molar refractivity (Wildman–Crippen MR) is 75.8 cm³/mol. The number of hydrogen-bond acceptors (Lipinski definition) is 6. The van der Waals surface area contributed by atoms with Crippen LogP contribution in [0, 0.1) is 0 Å². The first-order chi connectivity index (χ1) is 10.1. The third kappa shape index (κ3) is 4.24. The Morgan fingerprint density at radius 1 is 1.76 bits per heavy atom. The molecule has 1 heterocycles. The summed E-state index contributed by atoms with van der Waals surface area (Å²) in [7, 11) is 1.47. The van der Waals surface area contributed by atoms with Gasteiger partial charge in [0.1, 0.15) is 18.1 Å². The average Bonchev–Trinajstić information content (AvgIpc) is 2.47. The molecule has 8 nitrogen and oxygen atoms in total. The second-order valence-corrected chi connectivity index (χ2v) is 4.69. The molecule has 0 radical (unpaired) electrons. The number of nitrogens with zero attached hydrogens (tertiary/aromatic N) is 3. The molecule has 0 aliphatic carbocycles. The highest BCUT2D eigenvalue weighted by Crippen LogP contribution is 2.26. The fraction of sp³-hybridized carbons (Fsp3) is 0.692. The Morgan fingerprint density at radius 2 is 2.48 bits per heavy atom. The summed E-state index contributed by atoms with van der Waals surface area (Å²) in [4.78, 5) is 13.2. The normalized spacial score (nSPS) is 27.2. The number of aliphatic hydroxyl groups is 1. The molecule has 0 aromatic heterocycles. The second-order valence-electron chi connectivity index (χ2n) is 4.69. The fourth-order valence-electron chi connectivity index (χ4n) is 2.37. The van der Waals surface area contributed by atoms with Crippen molar-refractivity contribution in [1.29, 1.82) is 0 Å². The second kappa shape index (κ2) is 8.34. The highest BCUT2D eigenvalue weighted by Gasteiger charge is 2.41. The van der Waals surface area contributed by atoms with Crippen LogP contribution in [0.15, 0.2) is 23.1 Å². The predicted octanol–water partition coefficient (Wildman–Crippen LogP) is 1.06. The maximum absolute atomic E-state index is 10.4. The zero-order valence-corrected chi connectivity index (χ0v) is 12.3. The Morgan fingerprint density at radius 3 is 3.00 bits per heavy atom. The number of carbonyl (C=O) groups excluding carboxylic acids is 1. The highest BCUT2D eigenvalue weighted by molar-refractivity contribution is 5.44. The molecule has 5 unspecified atom stereocenters. The zero-order valence-electron chi connectivity index (χ0n) is 12.3. The van der Waals surface area contributed by atoms with Crippen molar-refractivity contribution in [3.63, 3.8) is 0 Å². The summed E-state index contributed by atoms with van der Waals surface area (Å²) < 4.78 is 11.1. The SMILES string of the molecule is CCC(O)C(OC)C1OC(C)=CC(N=[N+]=[N-])C1NC=C=O. The minimum atomic E-state index is -0.748. The molecule has 1 aliphatic heterocycles. The van der Waals surface area contributed by atoms with Crippen molar-refractivity contribution in [1.82, 2.24) is 5.32 Å². The highest BCUT2D eigenvalue weighted by atomic mass is 16.5. The van der Waals surface area contributed by atoms with E-state index < -0.39 is 30.4 Å². The van der Waals surface area contributed by atoms with Crippen LogP contribution in [0.5, 0.6) is 0 Å². The van der Waals surface area contributed by atoms with Gasteiger partial charge in [0.15, 0.2) is 0 Å². The topological polar surface area (TPSA) is 117 Å². The van der Waals surface area contributed by atoms with Crippen LogP contribution in [0.4, 0.5) is 0 Å². The van der Waals surface area contributed by atoms with E-state index in [4.69, 9.17) is 15.0 Å². The minimum Gasteiger partial charge on any atom is -0.490 e. The number of hydrogen-bond donors (Lipinski definition) is 2. The maximum atomic E-state index is 10.4. The van der Waals surface area contributed by atoms with E-state index in [0.717, 1.165) is 6.20 Å². The van der Waals surface area contributed by atoms with E-state index in [1.54, 1.807) is 18.9 Å². The van der Waals surface area contributed by atoms with E-state index >= 15 is 0 Å². The van der Waals surface area contributed by atoms with Crippen molar-refractivity contribution < 1.29 is 19.4 Å². The Labute approximate surface area is 123 Å². The summed E-state index contributed by atoms with van der Waals surface area (Å²) in [6, 6.07) is -1.11. The number of allylic oxidation sites excluding steroid dienone is 1. The van der Waals surface area contributed by atoms with Crippen molar-refractivity contribution in [2.45, 2.75) is 50.7 Å². The number of ether oxygens (including phenoxy) is 2. The lowest BCUT2D eigenvalue weighted by Crippen LogP contribution is -2.56. The summed E-state index contributed by atoms with van der Waals surface area (Å²) >= 11 is 0. The van der Waals surface area contributed by atoms with Gasteiger partial charge in [-0.05, 0) is 25.0 Å². The molecular weight excluding hydrogens is 276 g/mol.